The first-order valence-electron chi connectivity index (χ1n) is 10.2. The second-order valence-corrected chi connectivity index (χ2v) is 7.63. The zero-order valence-corrected chi connectivity index (χ0v) is 17.9. The minimum atomic E-state index is -0.155. The average Bonchev–Trinajstić information content (AvgIpc) is 2.72. The quantitative estimate of drug-likeness (QED) is 0.734. The molecule has 7 nitrogen and oxygen atoms in total. The van der Waals surface area contributed by atoms with Gasteiger partial charge < -0.3 is 20.3 Å². The normalized spacial score (nSPS) is 13.9. The molecule has 1 saturated heterocycles. The SMILES string of the molecule is Cc1cccc(NC(=O)CN(C)CC(=O)Nc2ccccc2N2CCOCC2)c1C. The van der Waals surface area contributed by atoms with E-state index in [1.165, 1.54) is 0 Å². The molecule has 0 atom stereocenters. The molecule has 1 aliphatic heterocycles. The van der Waals surface area contributed by atoms with E-state index < -0.39 is 0 Å². The summed E-state index contributed by atoms with van der Waals surface area (Å²) >= 11 is 0. The van der Waals surface area contributed by atoms with Crippen LogP contribution in [0.4, 0.5) is 17.1 Å². The number of aryl methyl sites for hydroxylation is 1. The Labute approximate surface area is 178 Å². The highest BCUT2D eigenvalue weighted by Gasteiger charge is 2.17. The summed E-state index contributed by atoms with van der Waals surface area (Å²) in [6.45, 7) is 7.20. The molecule has 3 rings (SSSR count). The van der Waals surface area contributed by atoms with Crippen LogP contribution >= 0.6 is 0 Å². The number of morpholine rings is 1. The third-order valence-electron chi connectivity index (χ3n) is 5.24. The van der Waals surface area contributed by atoms with Crippen molar-refractivity contribution in [1.29, 1.82) is 0 Å². The molecule has 160 valence electrons. The molecule has 0 unspecified atom stereocenters. The Balaban J connectivity index is 1.53. The van der Waals surface area contributed by atoms with Crippen LogP contribution in [-0.4, -0.2) is 63.2 Å². The number of rotatable bonds is 7. The van der Waals surface area contributed by atoms with Gasteiger partial charge in [-0.15, -0.1) is 0 Å². The van der Waals surface area contributed by atoms with Crippen molar-refractivity contribution < 1.29 is 14.3 Å². The minimum absolute atomic E-state index is 0.123. The maximum atomic E-state index is 12.6. The first kappa shape index (κ1) is 21.8. The number of nitrogens with one attached hydrogen (secondary N) is 2. The number of hydrogen-bond acceptors (Lipinski definition) is 5. The van der Waals surface area contributed by atoms with Crippen molar-refractivity contribution in [3.05, 3.63) is 53.6 Å². The Bertz CT molecular complexity index is 894. The number of carbonyl (C=O) groups is 2. The van der Waals surface area contributed by atoms with Gasteiger partial charge in [0.1, 0.15) is 0 Å². The van der Waals surface area contributed by atoms with Crippen LogP contribution in [0.5, 0.6) is 0 Å². The van der Waals surface area contributed by atoms with Crippen LogP contribution in [0.1, 0.15) is 11.1 Å². The first-order chi connectivity index (χ1) is 14.4. The topological polar surface area (TPSA) is 73.9 Å². The van der Waals surface area contributed by atoms with E-state index in [4.69, 9.17) is 4.74 Å². The van der Waals surface area contributed by atoms with E-state index in [-0.39, 0.29) is 24.9 Å². The summed E-state index contributed by atoms with van der Waals surface area (Å²) in [6.07, 6.45) is 0. The van der Waals surface area contributed by atoms with Gasteiger partial charge in [0.2, 0.25) is 11.8 Å². The summed E-state index contributed by atoms with van der Waals surface area (Å²) in [6, 6.07) is 13.6. The predicted molar refractivity (Wildman–Crippen MR) is 120 cm³/mol. The Morgan fingerprint density at radius 3 is 2.23 bits per heavy atom. The van der Waals surface area contributed by atoms with Crippen LogP contribution in [-0.2, 0) is 14.3 Å². The lowest BCUT2D eigenvalue weighted by atomic mass is 10.1. The second kappa shape index (κ2) is 10.2. The lowest BCUT2D eigenvalue weighted by molar-refractivity contribution is -0.119. The number of benzene rings is 2. The molecular weight excluding hydrogens is 380 g/mol. The van der Waals surface area contributed by atoms with Gasteiger partial charge in [-0.25, -0.2) is 0 Å². The standard InChI is InChI=1S/C23H30N4O3/c1-17-7-6-9-19(18(17)2)24-22(28)15-26(3)16-23(29)25-20-8-4-5-10-21(20)27-11-13-30-14-12-27/h4-10H,11-16H2,1-3H3,(H,24,28)(H,25,29). The molecule has 0 bridgehead atoms. The number of carbonyl (C=O) groups excluding carboxylic acids is 2. The fourth-order valence-corrected chi connectivity index (χ4v) is 3.47. The highest BCUT2D eigenvalue weighted by Crippen LogP contribution is 2.26. The molecule has 2 aromatic carbocycles. The lowest BCUT2D eigenvalue weighted by Crippen LogP contribution is -2.38. The van der Waals surface area contributed by atoms with Crippen molar-refractivity contribution in [2.75, 3.05) is 62.0 Å². The molecule has 0 spiro atoms. The Morgan fingerprint density at radius 1 is 0.933 bits per heavy atom. The second-order valence-electron chi connectivity index (χ2n) is 7.63. The van der Waals surface area contributed by atoms with Crippen LogP contribution in [0.2, 0.25) is 0 Å². The maximum absolute atomic E-state index is 12.6. The summed E-state index contributed by atoms with van der Waals surface area (Å²) in [7, 11) is 1.76. The van der Waals surface area contributed by atoms with Crippen LogP contribution in [0.25, 0.3) is 0 Å². The Morgan fingerprint density at radius 2 is 1.53 bits per heavy atom. The number of amides is 2. The highest BCUT2D eigenvalue weighted by molar-refractivity contribution is 5.97. The number of ether oxygens (including phenoxy) is 1. The van der Waals surface area contributed by atoms with Crippen molar-refractivity contribution in [2.45, 2.75) is 13.8 Å². The molecule has 2 amide bonds. The molecule has 2 N–H and O–H groups in total. The predicted octanol–water partition coefficient (Wildman–Crippen LogP) is 2.65. The highest BCUT2D eigenvalue weighted by atomic mass is 16.5. The molecule has 1 heterocycles. The number of hydrogen-bond donors (Lipinski definition) is 2. The molecule has 30 heavy (non-hydrogen) atoms. The molecule has 0 aliphatic carbocycles. The molecule has 7 heteroatoms. The number of nitrogens with zero attached hydrogens (tertiary/aromatic N) is 2. The van der Waals surface area contributed by atoms with E-state index in [1.54, 1.807) is 11.9 Å². The average molecular weight is 411 g/mol. The van der Waals surface area contributed by atoms with Crippen LogP contribution in [0.3, 0.4) is 0 Å². The number of para-hydroxylation sites is 2. The first-order valence-corrected chi connectivity index (χ1v) is 10.2. The van der Waals surface area contributed by atoms with Crippen molar-refractivity contribution in [3.63, 3.8) is 0 Å². The van der Waals surface area contributed by atoms with Gasteiger partial charge in [-0.3, -0.25) is 14.5 Å². The molecule has 1 fully saturated rings. The number of anilines is 3. The summed E-state index contributed by atoms with van der Waals surface area (Å²) in [4.78, 5) is 28.9. The third-order valence-corrected chi connectivity index (χ3v) is 5.24. The van der Waals surface area contributed by atoms with Gasteiger partial charge in [-0.2, -0.15) is 0 Å². The molecule has 0 saturated carbocycles. The van der Waals surface area contributed by atoms with Crippen molar-refractivity contribution in [2.24, 2.45) is 0 Å². The van der Waals surface area contributed by atoms with Crippen LogP contribution < -0.4 is 15.5 Å². The Hall–Kier alpha value is -2.90. The summed E-state index contributed by atoms with van der Waals surface area (Å²) in [5.41, 5.74) is 4.74. The zero-order valence-electron chi connectivity index (χ0n) is 17.9. The van der Waals surface area contributed by atoms with Gasteiger partial charge in [0.05, 0.1) is 37.7 Å². The molecule has 0 aromatic heterocycles. The summed E-state index contributed by atoms with van der Waals surface area (Å²) in [5, 5.41) is 5.91. The maximum Gasteiger partial charge on any atom is 0.238 e. The van der Waals surface area contributed by atoms with Crippen molar-refractivity contribution in [3.8, 4) is 0 Å². The van der Waals surface area contributed by atoms with Gasteiger partial charge in [-0.05, 0) is 50.2 Å². The Kier molecular flexibility index (Phi) is 7.43. The zero-order chi connectivity index (χ0) is 21.5. The van der Waals surface area contributed by atoms with Gasteiger partial charge in [0, 0.05) is 18.8 Å². The fourth-order valence-electron chi connectivity index (χ4n) is 3.47. The fraction of sp³-hybridized carbons (Fsp3) is 0.391. The van der Waals surface area contributed by atoms with Gasteiger partial charge in [0.25, 0.3) is 0 Å². The molecule has 0 radical (unpaired) electrons. The number of likely N-dealkylation sites (N-methyl/N-ethyl adjacent to an activating group) is 1. The van der Waals surface area contributed by atoms with E-state index in [0.29, 0.717) is 13.2 Å². The van der Waals surface area contributed by atoms with E-state index in [2.05, 4.69) is 15.5 Å². The van der Waals surface area contributed by atoms with E-state index >= 15 is 0 Å². The van der Waals surface area contributed by atoms with Crippen LogP contribution in [0, 0.1) is 13.8 Å². The van der Waals surface area contributed by atoms with E-state index in [9.17, 15) is 9.59 Å². The smallest absolute Gasteiger partial charge is 0.238 e. The monoisotopic (exact) mass is 410 g/mol. The van der Waals surface area contributed by atoms with Crippen LogP contribution in [0.15, 0.2) is 42.5 Å². The van der Waals surface area contributed by atoms with E-state index in [0.717, 1.165) is 41.3 Å². The molecular formula is C23H30N4O3. The van der Waals surface area contributed by atoms with Gasteiger partial charge >= 0.3 is 0 Å². The third kappa shape index (κ3) is 5.81. The van der Waals surface area contributed by atoms with E-state index in [1.807, 2.05) is 56.3 Å². The van der Waals surface area contributed by atoms with Gasteiger partial charge in [-0.1, -0.05) is 24.3 Å². The summed E-state index contributed by atoms with van der Waals surface area (Å²) < 4.78 is 5.41. The van der Waals surface area contributed by atoms with Crippen molar-refractivity contribution in [1.82, 2.24) is 4.90 Å². The molecule has 1 aliphatic rings. The molecule has 2 aromatic rings. The minimum Gasteiger partial charge on any atom is -0.378 e. The largest absolute Gasteiger partial charge is 0.378 e. The van der Waals surface area contributed by atoms with Crippen molar-refractivity contribution >= 4 is 28.9 Å². The van der Waals surface area contributed by atoms with Gasteiger partial charge in [0.15, 0.2) is 0 Å². The lowest BCUT2D eigenvalue weighted by Gasteiger charge is -2.30. The summed E-state index contributed by atoms with van der Waals surface area (Å²) in [5.74, 6) is -0.300.